The zero-order chi connectivity index (χ0) is 17.8. The van der Waals surface area contributed by atoms with Crippen LogP contribution in [0, 0.1) is 5.82 Å². The van der Waals surface area contributed by atoms with Gasteiger partial charge in [-0.25, -0.2) is 9.18 Å². The number of fused-ring (bicyclic) bond motifs is 1. The Morgan fingerprint density at radius 2 is 1.64 bits per heavy atom. The minimum absolute atomic E-state index is 0.111. The monoisotopic (exact) mass is 337 g/mol. The van der Waals surface area contributed by atoms with Gasteiger partial charge >= 0.3 is 5.97 Å². The van der Waals surface area contributed by atoms with Crippen LogP contribution in [0.4, 0.5) is 4.39 Å². The third kappa shape index (κ3) is 3.83. The molecule has 0 radical (unpaired) electrons. The second kappa shape index (κ2) is 7.13. The molecule has 126 valence electrons. The van der Waals surface area contributed by atoms with Crippen molar-refractivity contribution >= 4 is 22.6 Å². The summed E-state index contributed by atoms with van der Waals surface area (Å²) in [6.07, 6.45) is 0.111. The molecule has 2 N–H and O–H groups in total. The molecule has 0 bridgehead atoms. The van der Waals surface area contributed by atoms with Crippen LogP contribution in [0.5, 0.6) is 0 Å². The molecule has 25 heavy (non-hydrogen) atoms. The molecule has 1 atom stereocenters. The molecule has 0 saturated carbocycles. The standard InChI is InChI=1S/C20H16FNO3/c21-17-8-4-3-7-16(17)19(23)22-18(20(24)25)12-13-9-10-14-5-1-2-6-15(14)11-13/h1-11,18H,12H2,(H,22,23)(H,24,25)/t18-/m0/s1. The maximum atomic E-state index is 13.7. The highest BCUT2D eigenvalue weighted by Crippen LogP contribution is 2.17. The summed E-state index contributed by atoms with van der Waals surface area (Å²) in [5.74, 6) is -2.60. The number of rotatable bonds is 5. The number of halogens is 1. The van der Waals surface area contributed by atoms with Gasteiger partial charge in [0, 0.05) is 6.42 Å². The molecule has 3 aromatic rings. The minimum atomic E-state index is -1.17. The first-order chi connectivity index (χ1) is 12.0. The van der Waals surface area contributed by atoms with Gasteiger partial charge in [0.25, 0.3) is 5.91 Å². The first-order valence-corrected chi connectivity index (χ1v) is 7.80. The number of nitrogens with one attached hydrogen (secondary N) is 1. The van der Waals surface area contributed by atoms with E-state index in [4.69, 9.17) is 0 Å². The number of benzene rings is 3. The molecule has 0 unspecified atom stereocenters. The Morgan fingerprint density at radius 3 is 2.36 bits per heavy atom. The molecular weight excluding hydrogens is 321 g/mol. The summed E-state index contributed by atoms with van der Waals surface area (Å²) in [6, 6.07) is 17.7. The number of carbonyl (C=O) groups excluding carboxylic acids is 1. The normalized spacial score (nSPS) is 11.9. The fourth-order valence-electron chi connectivity index (χ4n) is 2.68. The van der Waals surface area contributed by atoms with Gasteiger partial charge in [0.2, 0.25) is 0 Å². The SMILES string of the molecule is O=C(N[C@@H](Cc1ccc2ccccc2c1)C(=O)O)c1ccccc1F. The van der Waals surface area contributed by atoms with Crippen LogP contribution in [0.25, 0.3) is 10.8 Å². The van der Waals surface area contributed by atoms with Crippen LogP contribution < -0.4 is 5.32 Å². The van der Waals surface area contributed by atoms with Crippen molar-refractivity contribution in [3.8, 4) is 0 Å². The van der Waals surface area contributed by atoms with E-state index in [-0.39, 0.29) is 12.0 Å². The topological polar surface area (TPSA) is 66.4 Å². The summed E-state index contributed by atoms with van der Waals surface area (Å²) < 4.78 is 13.7. The fourth-order valence-corrected chi connectivity index (χ4v) is 2.68. The van der Waals surface area contributed by atoms with Crippen LogP contribution in [0.15, 0.2) is 66.7 Å². The van der Waals surface area contributed by atoms with Gasteiger partial charge in [-0.3, -0.25) is 4.79 Å². The summed E-state index contributed by atoms with van der Waals surface area (Å²) in [7, 11) is 0. The van der Waals surface area contributed by atoms with Crippen LogP contribution >= 0.6 is 0 Å². The second-order valence-electron chi connectivity index (χ2n) is 5.73. The number of carbonyl (C=O) groups is 2. The van der Waals surface area contributed by atoms with Crippen LogP contribution in [-0.4, -0.2) is 23.0 Å². The highest BCUT2D eigenvalue weighted by molar-refractivity contribution is 5.96. The number of hydrogen-bond donors (Lipinski definition) is 2. The van der Waals surface area contributed by atoms with E-state index in [2.05, 4.69) is 5.32 Å². The van der Waals surface area contributed by atoms with E-state index >= 15 is 0 Å². The Bertz CT molecular complexity index is 939. The lowest BCUT2D eigenvalue weighted by Crippen LogP contribution is -2.42. The van der Waals surface area contributed by atoms with Gasteiger partial charge < -0.3 is 10.4 Å². The van der Waals surface area contributed by atoms with Gasteiger partial charge in [-0.05, 0) is 28.5 Å². The number of carboxylic acid groups (broad SMARTS) is 1. The Morgan fingerprint density at radius 1 is 0.960 bits per heavy atom. The molecule has 0 aromatic heterocycles. The van der Waals surface area contributed by atoms with Gasteiger partial charge in [0.1, 0.15) is 11.9 Å². The Hall–Kier alpha value is -3.21. The van der Waals surface area contributed by atoms with E-state index < -0.39 is 23.7 Å². The van der Waals surface area contributed by atoms with Crippen LogP contribution in [-0.2, 0) is 11.2 Å². The summed E-state index contributed by atoms with van der Waals surface area (Å²) in [4.78, 5) is 23.7. The maximum Gasteiger partial charge on any atom is 0.326 e. The smallest absolute Gasteiger partial charge is 0.326 e. The molecule has 0 aliphatic carbocycles. The number of aliphatic carboxylic acids is 1. The Kier molecular flexibility index (Phi) is 4.75. The largest absolute Gasteiger partial charge is 0.480 e. The Labute approximate surface area is 143 Å². The quantitative estimate of drug-likeness (QED) is 0.750. The zero-order valence-electron chi connectivity index (χ0n) is 13.3. The molecule has 4 nitrogen and oxygen atoms in total. The minimum Gasteiger partial charge on any atom is -0.480 e. The average Bonchev–Trinajstić information content (AvgIpc) is 2.61. The van der Waals surface area contributed by atoms with Crippen LogP contribution in [0.2, 0.25) is 0 Å². The van der Waals surface area contributed by atoms with E-state index in [1.165, 1.54) is 18.2 Å². The number of hydrogen-bond acceptors (Lipinski definition) is 2. The molecule has 0 saturated heterocycles. The second-order valence-corrected chi connectivity index (χ2v) is 5.73. The van der Waals surface area contributed by atoms with E-state index in [0.717, 1.165) is 22.4 Å². The van der Waals surface area contributed by atoms with Crippen LogP contribution in [0.3, 0.4) is 0 Å². The van der Waals surface area contributed by atoms with Crippen molar-refractivity contribution in [2.24, 2.45) is 0 Å². The third-order valence-electron chi connectivity index (χ3n) is 3.98. The van der Waals surface area contributed by atoms with E-state index in [1.54, 1.807) is 0 Å². The first-order valence-electron chi connectivity index (χ1n) is 7.80. The molecule has 0 aliphatic heterocycles. The lowest BCUT2D eigenvalue weighted by molar-refractivity contribution is -0.139. The summed E-state index contributed by atoms with van der Waals surface area (Å²) in [5, 5.41) is 13.8. The van der Waals surface area contributed by atoms with Gasteiger partial charge in [-0.15, -0.1) is 0 Å². The third-order valence-corrected chi connectivity index (χ3v) is 3.98. The summed E-state index contributed by atoms with van der Waals surface area (Å²) in [5.41, 5.74) is 0.604. The molecule has 1 amide bonds. The van der Waals surface area contributed by atoms with E-state index in [0.29, 0.717) is 0 Å². The van der Waals surface area contributed by atoms with E-state index in [1.807, 2.05) is 42.5 Å². The molecule has 3 aromatic carbocycles. The molecule has 5 heteroatoms. The predicted molar refractivity (Wildman–Crippen MR) is 92.9 cm³/mol. The maximum absolute atomic E-state index is 13.7. The van der Waals surface area contributed by atoms with Crippen molar-refractivity contribution in [2.45, 2.75) is 12.5 Å². The molecule has 0 aliphatic rings. The molecule has 3 rings (SSSR count). The van der Waals surface area contributed by atoms with Crippen molar-refractivity contribution in [2.75, 3.05) is 0 Å². The number of carboxylic acids is 1. The van der Waals surface area contributed by atoms with Gasteiger partial charge in [0.05, 0.1) is 5.56 Å². The highest BCUT2D eigenvalue weighted by Gasteiger charge is 2.22. The lowest BCUT2D eigenvalue weighted by Gasteiger charge is -2.15. The van der Waals surface area contributed by atoms with Gasteiger partial charge in [-0.1, -0.05) is 54.6 Å². The van der Waals surface area contributed by atoms with E-state index in [9.17, 15) is 19.1 Å². The Balaban J connectivity index is 1.80. The highest BCUT2D eigenvalue weighted by atomic mass is 19.1. The van der Waals surface area contributed by atoms with Crippen molar-refractivity contribution in [1.29, 1.82) is 0 Å². The first kappa shape index (κ1) is 16.6. The fraction of sp³-hybridized carbons (Fsp3) is 0.100. The van der Waals surface area contributed by atoms with Crippen molar-refractivity contribution < 1.29 is 19.1 Å². The van der Waals surface area contributed by atoms with Crippen molar-refractivity contribution in [3.05, 3.63) is 83.7 Å². The molecular formula is C20H16FNO3. The molecule has 0 fully saturated rings. The lowest BCUT2D eigenvalue weighted by atomic mass is 10.0. The number of amides is 1. The zero-order valence-corrected chi connectivity index (χ0v) is 13.3. The summed E-state index contributed by atoms with van der Waals surface area (Å²) >= 11 is 0. The van der Waals surface area contributed by atoms with Crippen molar-refractivity contribution in [1.82, 2.24) is 5.32 Å². The van der Waals surface area contributed by atoms with Gasteiger partial charge in [0.15, 0.2) is 0 Å². The average molecular weight is 337 g/mol. The summed E-state index contributed by atoms with van der Waals surface area (Å²) in [6.45, 7) is 0. The molecule has 0 heterocycles. The predicted octanol–water partition coefficient (Wildman–Crippen LogP) is 3.40. The van der Waals surface area contributed by atoms with Gasteiger partial charge in [-0.2, -0.15) is 0 Å². The molecule has 0 spiro atoms. The van der Waals surface area contributed by atoms with Crippen molar-refractivity contribution in [3.63, 3.8) is 0 Å². The van der Waals surface area contributed by atoms with Crippen LogP contribution in [0.1, 0.15) is 15.9 Å².